The van der Waals surface area contributed by atoms with Gasteiger partial charge in [-0.15, -0.1) is 0 Å². The number of carboxylic acids is 1. The number of hydrogen-bond donors (Lipinski definition) is 9. The number of aliphatic carboxylic acids is 1. The van der Waals surface area contributed by atoms with Crippen molar-refractivity contribution < 1.29 is 34.5 Å². The molecule has 32 heavy (non-hydrogen) atoms. The van der Waals surface area contributed by atoms with Crippen molar-refractivity contribution in [1.29, 1.82) is 0 Å². The molecule has 0 bridgehead atoms. The van der Waals surface area contributed by atoms with Crippen LogP contribution in [-0.2, 0) is 25.6 Å². The van der Waals surface area contributed by atoms with Gasteiger partial charge < -0.3 is 47.7 Å². The number of carbonyl (C=O) groups is 4. The highest BCUT2D eigenvalue weighted by molar-refractivity contribution is 5.94. The normalized spacial score (nSPS) is 14.6. The molecule has 14 heteroatoms. The third kappa shape index (κ3) is 8.97. The van der Waals surface area contributed by atoms with Gasteiger partial charge in [0.25, 0.3) is 0 Å². The molecule has 0 saturated heterocycles. The SMILES string of the molecule is NCCCCC(N)C(=O)NC(CO)C(=O)NC(CO)C(=O)NC(Cc1cnc[nH]1)C(=O)O. The van der Waals surface area contributed by atoms with Crippen molar-refractivity contribution in [2.75, 3.05) is 19.8 Å². The van der Waals surface area contributed by atoms with Gasteiger partial charge in [0.05, 0.1) is 25.6 Å². The lowest BCUT2D eigenvalue weighted by Gasteiger charge is -2.23. The summed E-state index contributed by atoms with van der Waals surface area (Å²) < 4.78 is 0. The third-order valence-electron chi connectivity index (χ3n) is 4.53. The van der Waals surface area contributed by atoms with Gasteiger partial charge in [0.2, 0.25) is 17.7 Å². The van der Waals surface area contributed by atoms with Crippen molar-refractivity contribution >= 4 is 23.7 Å². The summed E-state index contributed by atoms with van der Waals surface area (Å²) in [4.78, 5) is 54.8. The van der Waals surface area contributed by atoms with Crippen LogP contribution >= 0.6 is 0 Å². The van der Waals surface area contributed by atoms with E-state index in [1.165, 1.54) is 12.5 Å². The average molecular weight is 457 g/mol. The van der Waals surface area contributed by atoms with E-state index in [0.29, 0.717) is 31.5 Å². The molecular formula is C18H31N7O7. The van der Waals surface area contributed by atoms with Gasteiger partial charge in [-0.25, -0.2) is 9.78 Å². The van der Waals surface area contributed by atoms with E-state index in [-0.39, 0.29) is 6.42 Å². The number of nitrogens with one attached hydrogen (secondary N) is 4. The number of nitrogens with two attached hydrogens (primary N) is 2. The van der Waals surface area contributed by atoms with Gasteiger partial charge in [-0.1, -0.05) is 6.42 Å². The smallest absolute Gasteiger partial charge is 0.326 e. The van der Waals surface area contributed by atoms with E-state index in [0.717, 1.165) is 0 Å². The van der Waals surface area contributed by atoms with Gasteiger partial charge >= 0.3 is 5.97 Å². The number of unbranched alkanes of at least 4 members (excludes halogenated alkanes) is 1. The fourth-order valence-electron chi connectivity index (χ4n) is 2.67. The number of aliphatic hydroxyl groups excluding tert-OH is 2. The van der Waals surface area contributed by atoms with E-state index in [1.807, 2.05) is 0 Å². The molecule has 1 heterocycles. The summed E-state index contributed by atoms with van der Waals surface area (Å²) in [6, 6.07) is -5.21. The van der Waals surface area contributed by atoms with Crippen LogP contribution in [0.5, 0.6) is 0 Å². The van der Waals surface area contributed by atoms with Crippen molar-refractivity contribution in [2.45, 2.75) is 49.9 Å². The molecule has 4 atom stereocenters. The number of amides is 3. The fourth-order valence-corrected chi connectivity index (χ4v) is 2.67. The first-order chi connectivity index (χ1) is 15.2. The third-order valence-corrected chi connectivity index (χ3v) is 4.53. The van der Waals surface area contributed by atoms with Crippen molar-refractivity contribution in [3.05, 3.63) is 18.2 Å². The molecule has 0 aliphatic rings. The van der Waals surface area contributed by atoms with E-state index in [9.17, 15) is 34.5 Å². The van der Waals surface area contributed by atoms with Crippen LogP contribution < -0.4 is 27.4 Å². The van der Waals surface area contributed by atoms with E-state index < -0.39 is 61.1 Å². The number of carboxylic acid groups (broad SMARTS) is 1. The van der Waals surface area contributed by atoms with Crippen LogP contribution in [0.25, 0.3) is 0 Å². The van der Waals surface area contributed by atoms with Gasteiger partial charge in [-0.3, -0.25) is 14.4 Å². The Hall–Kier alpha value is -3.07. The molecule has 0 aliphatic heterocycles. The van der Waals surface area contributed by atoms with E-state index in [2.05, 4.69) is 25.9 Å². The van der Waals surface area contributed by atoms with E-state index in [1.54, 1.807) is 0 Å². The first-order valence-corrected chi connectivity index (χ1v) is 10.0. The first-order valence-electron chi connectivity index (χ1n) is 10.0. The standard InChI is InChI=1S/C18H31N7O7/c19-4-2-1-3-11(20)15(28)24-13(7-26)17(30)25-14(8-27)16(29)23-12(18(31)32)5-10-6-21-9-22-10/h6,9,11-14,26-27H,1-5,7-8,19-20H2,(H,21,22)(H,23,29)(H,24,28)(H,25,30)(H,31,32). The highest BCUT2D eigenvalue weighted by atomic mass is 16.4. The summed E-state index contributed by atoms with van der Waals surface area (Å²) in [7, 11) is 0. The van der Waals surface area contributed by atoms with Crippen molar-refractivity contribution in [2.24, 2.45) is 11.5 Å². The van der Waals surface area contributed by atoms with Crippen molar-refractivity contribution in [3.63, 3.8) is 0 Å². The minimum absolute atomic E-state index is 0.107. The monoisotopic (exact) mass is 457 g/mol. The Bertz CT molecular complexity index is 744. The number of rotatable bonds is 15. The maximum absolute atomic E-state index is 12.4. The highest BCUT2D eigenvalue weighted by Gasteiger charge is 2.30. The molecule has 0 fully saturated rings. The van der Waals surface area contributed by atoms with Crippen LogP contribution in [0, 0.1) is 0 Å². The number of carbonyl (C=O) groups excluding carboxylic acids is 3. The molecular weight excluding hydrogens is 426 g/mol. The molecule has 3 amide bonds. The number of imidazole rings is 1. The Labute approximate surface area is 184 Å². The second kappa shape index (κ2) is 14.1. The predicted octanol–water partition coefficient (Wildman–Crippen LogP) is -4.07. The second-order valence-corrected chi connectivity index (χ2v) is 7.06. The van der Waals surface area contributed by atoms with Gasteiger partial charge in [-0.2, -0.15) is 0 Å². The summed E-state index contributed by atoms with van der Waals surface area (Å²) in [6.45, 7) is -1.19. The molecule has 1 aromatic rings. The number of nitrogens with zero attached hydrogens (tertiary/aromatic N) is 1. The lowest BCUT2D eigenvalue weighted by atomic mass is 10.1. The van der Waals surface area contributed by atoms with Crippen LogP contribution in [0.3, 0.4) is 0 Å². The lowest BCUT2D eigenvalue weighted by Crippen LogP contribution is -2.59. The second-order valence-electron chi connectivity index (χ2n) is 7.06. The molecule has 1 aromatic heterocycles. The van der Waals surface area contributed by atoms with E-state index >= 15 is 0 Å². The van der Waals surface area contributed by atoms with Gasteiger partial charge in [0, 0.05) is 18.3 Å². The van der Waals surface area contributed by atoms with Crippen molar-refractivity contribution in [3.8, 4) is 0 Å². The van der Waals surface area contributed by atoms with Crippen LogP contribution in [0.4, 0.5) is 0 Å². The molecule has 0 aliphatic carbocycles. The van der Waals surface area contributed by atoms with Crippen LogP contribution in [-0.4, -0.2) is 92.9 Å². The summed E-state index contributed by atoms with van der Waals surface area (Å²) >= 11 is 0. The average Bonchev–Trinajstić information content (AvgIpc) is 3.27. The maximum atomic E-state index is 12.4. The summed E-state index contributed by atoms with van der Waals surface area (Å²) in [5.41, 5.74) is 11.6. The molecule has 0 saturated carbocycles. The predicted molar refractivity (Wildman–Crippen MR) is 111 cm³/mol. The number of aromatic amines is 1. The Morgan fingerprint density at radius 2 is 1.53 bits per heavy atom. The number of aliphatic hydroxyl groups is 2. The Kier molecular flexibility index (Phi) is 11.9. The molecule has 14 nitrogen and oxygen atoms in total. The Morgan fingerprint density at radius 3 is 2.00 bits per heavy atom. The summed E-state index contributed by atoms with van der Waals surface area (Å²) in [5, 5.41) is 34.9. The minimum atomic E-state index is -1.52. The molecule has 0 radical (unpaired) electrons. The lowest BCUT2D eigenvalue weighted by molar-refractivity contribution is -0.142. The molecule has 0 aromatic carbocycles. The van der Waals surface area contributed by atoms with Crippen molar-refractivity contribution in [1.82, 2.24) is 25.9 Å². The first kappa shape index (κ1) is 27.0. The largest absolute Gasteiger partial charge is 0.480 e. The zero-order valence-corrected chi connectivity index (χ0v) is 17.5. The van der Waals surface area contributed by atoms with Gasteiger partial charge in [0.15, 0.2) is 0 Å². The number of H-pyrrole nitrogens is 1. The highest BCUT2D eigenvalue weighted by Crippen LogP contribution is 2.01. The van der Waals surface area contributed by atoms with Gasteiger partial charge in [-0.05, 0) is 19.4 Å². The van der Waals surface area contributed by atoms with Crippen LogP contribution in [0.1, 0.15) is 25.0 Å². The summed E-state index contributed by atoms with van der Waals surface area (Å²) in [6.07, 6.45) is 4.25. The molecule has 11 N–H and O–H groups in total. The topological polar surface area (TPSA) is 246 Å². The fraction of sp³-hybridized carbons (Fsp3) is 0.611. The van der Waals surface area contributed by atoms with Crippen LogP contribution in [0.15, 0.2) is 12.5 Å². The molecule has 1 rings (SSSR count). The zero-order chi connectivity index (χ0) is 24.1. The number of hydrogen-bond acceptors (Lipinski definition) is 9. The molecule has 0 spiro atoms. The van der Waals surface area contributed by atoms with Crippen LogP contribution in [0.2, 0.25) is 0 Å². The summed E-state index contributed by atoms with van der Waals surface area (Å²) in [5.74, 6) is -3.93. The molecule has 4 unspecified atom stereocenters. The number of aromatic nitrogens is 2. The Morgan fingerprint density at radius 1 is 0.969 bits per heavy atom. The quantitative estimate of drug-likeness (QED) is 0.115. The Balaban J connectivity index is 2.67. The molecule has 180 valence electrons. The zero-order valence-electron chi connectivity index (χ0n) is 17.5. The minimum Gasteiger partial charge on any atom is -0.480 e. The maximum Gasteiger partial charge on any atom is 0.326 e. The van der Waals surface area contributed by atoms with E-state index in [4.69, 9.17) is 11.5 Å². The van der Waals surface area contributed by atoms with Gasteiger partial charge in [0.1, 0.15) is 18.1 Å².